The molecule has 1 aromatic carbocycles. The second-order valence-electron chi connectivity index (χ2n) is 7.73. The first-order valence-electron chi connectivity index (χ1n) is 9.20. The zero-order valence-electron chi connectivity index (χ0n) is 15.9. The lowest BCUT2D eigenvalue weighted by atomic mass is 9.58. The lowest BCUT2D eigenvalue weighted by molar-refractivity contribution is 0.0426. The number of aliphatic hydroxyl groups is 1. The number of nitrogens with zero attached hydrogens (tertiary/aromatic N) is 3. The summed E-state index contributed by atoms with van der Waals surface area (Å²) in [5.41, 5.74) is 0.833. The molecule has 2 heterocycles. The van der Waals surface area contributed by atoms with Crippen molar-refractivity contribution in [3.8, 4) is 11.3 Å². The van der Waals surface area contributed by atoms with E-state index in [1.54, 1.807) is 13.0 Å². The van der Waals surface area contributed by atoms with Crippen molar-refractivity contribution in [1.29, 1.82) is 0 Å². The molecule has 0 spiro atoms. The molecule has 0 radical (unpaired) electrons. The van der Waals surface area contributed by atoms with Crippen molar-refractivity contribution >= 4 is 5.91 Å². The van der Waals surface area contributed by atoms with Crippen LogP contribution < -0.4 is 5.32 Å². The van der Waals surface area contributed by atoms with Gasteiger partial charge in [-0.25, -0.2) is 0 Å². The maximum Gasteiger partial charge on any atom is 0.273 e. The number of aromatic nitrogens is 3. The lowest BCUT2D eigenvalue weighted by Crippen LogP contribution is -2.57. The second kappa shape index (κ2) is 6.87. The van der Waals surface area contributed by atoms with Gasteiger partial charge in [-0.2, -0.15) is 0 Å². The fourth-order valence-electron chi connectivity index (χ4n) is 3.50. The van der Waals surface area contributed by atoms with Gasteiger partial charge in [0.15, 0.2) is 11.5 Å². The first-order valence-corrected chi connectivity index (χ1v) is 9.20. The summed E-state index contributed by atoms with van der Waals surface area (Å²) >= 11 is 0. The van der Waals surface area contributed by atoms with Crippen LogP contribution in [0.15, 0.2) is 45.3 Å². The molecule has 146 valence electrons. The quantitative estimate of drug-likeness (QED) is 0.697. The predicted molar refractivity (Wildman–Crippen MR) is 99.3 cm³/mol. The number of hydrogen-bond donors (Lipinski definition) is 2. The number of carbonyl (C=O) groups excluding carboxylic acids is 1. The number of carbonyl (C=O) groups is 1. The highest BCUT2D eigenvalue weighted by Crippen LogP contribution is 2.52. The van der Waals surface area contributed by atoms with E-state index in [-0.39, 0.29) is 34.9 Å². The van der Waals surface area contributed by atoms with Crippen LogP contribution in [-0.4, -0.2) is 32.4 Å². The van der Waals surface area contributed by atoms with E-state index >= 15 is 0 Å². The molecule has 4 rings (SSSR count). The Hall–Kier alpha value is -3.00. The van der Waals surface area contributed by atoms with Gasteiger partial charge in [0.2, 0.25) is 11.8 Å². The summed E-state index contributed by atoms with van der Waals surface area (Å²) in [6.07, 6.45) is -0.130. The average Bonchev–Trinajstić information content (AvgIpc) is 3.35. The third kappa shape index (κ3) is 3.20. The van der Waals surface area contributed by atoms with Gasteiger partial charge in [-0.1, -0.05) is 49.3 Å². The smallest absolute Gasteiger partial charge is 0.273 e. The van der Waals surface area contributed by atoms with Gasteiger partial charge < -0.3 is 19.4 Å². The summed E-state index contributed by atoms with van der Waals surface area (Å²) in [6, 6.07) is 11.1. The van der Waals surface area contributed by atoms with Gasteiger partial charge in [0, 0.05) is 23.6 Å². The molecular formula is C20H22N4O4. The zero-order chi connectivity index (χ0) is 19.9. The first kappa shape index (κ1) is 18.4. The molecule has 0 aliphatic heterocycles. The summed E-state index contributed by atoms with van der Waals surface area (Å²) < 4.78 is 10.9. The Labute approximate surface area is 161 Å². The van der Waals surface area contributed by atoms with Crippen LogP contribution in [0.5, 0.6) is 0 Å². The molecule has 3 atom stereocenters. The van der Waals surface area contributed by atoms with Crippen molar-refractivity contribution in [2.75, 3.05) is 0 Å². The van der Waals surface area contributed by atoms with Gasteiger partial charge in [-0.15, -0.1) is 10.2 Å². The minimum absolute atomic E-state index is 0.00925. The van der Waals surface area contributed by atoms with E-state index in [9.17, 15) is 9.90 Å². The number of aliphatic hydroxyl groups excluding tert-OH is 1. The van der Waals surface area contributed by atoms with Crippen LogP contribution in [-0.2, 0) is 0 Å². The van der Waals surface area contributed by atoms with Crippen molar-refractivity contribution in [3.05, 3.63) is 53.9 Å². The Morgan fingerprint density at radius 3 is 2.68 bits per heavy atom. The Bertz CT molecular complexity index is 977. The molecule has 1 aliphatic carbocycles. The number of nitrogens with one attached hydrogen (secondary N) is 1. The topological polar surface area (TPSA) is 114 Å². The van der Waals surface area contributed by atoms with Crippen molar-refractivity contribution in [3.63, 3.8) is 0 Å². The van der Waals surface area contributed by atoms with E-state index in [4.69, 9.17) is 8.94 Å². The monoisotopic (exact) mass is 382 g/mol. The number of rotatable bonds is 5. The van der Waals surface area contributed by atoms with Crippen LogP contribution >= 0.6 is 0 Å². The van der Waals surface area contributed by atoms with Crippen LogP contribution in [0.4, 0.5) is 0 Å². The SMILES string of the molecule is C[C@@H](O)c1nnc([C@@H]2C[C@@H](NC(=O)c3cc(-c4ccccc4)on3)C2(C)C)o1. The first-order chi connectivity index (χ1) is 13.4. The van der Waals surface area contributed by atoms with Gasteiger partial charge in [-0.05, 0) is 18.8 Å². The fraction of sp³-hybridized carbons (Fsp3) is 0.400. The second-order valence-corrected chi connectivity index (χ2v) is 7.73. The Kier molecular flexibility index (Phi) is 4.50. The highest BCUT2D eigenvalue weighted by molar-refractivity contribution is 5.93. The standard InChI is InChI=1S/C20H22N4O4/c1-11(25)18-22-23-19(27-18)13-9-16(20(13,2)3)21-17(26)14-10-15(28-24-14)12-7-5-4-6-8-12/h4-8,10-11,13,16,25H,9H2,1-3H3,(H,21,26)/t11-,13+,16-/m1/s1. The highest BCUT2D eigenvalue weighted by Gasteiger charge is 2.52. The number of hydrogen-bond acceptors (Lipinski definition) is 7. The molecule has 1 fully saturated rings. The molecule has 1 aliphatic rings. The Morgan fingerprint density at radius 2 is 2.04 bits per heavy atom. The van der Waals surface area contributed by atoms with Crippen molar-refractivity contribution < 1.29 is 18.8 Å². The van der Waals surface area contributed by atoms with Gasteiger partial charge in [-0.3, -0.25) is 4.79 Å². The van der Waals surface area contributed by atoms with E-state index < -0.39 is 6.10 Å². The normalized spacial score (nSPS) is 21.7. The highest BCUT2D eigenvalue weighted by atomic mass is 16.5. The molecule has 28 heavy (non-hydrogen) atoms. The van der Waals surface area contributed by atoms with Crippen molar-refractivity contribution in [2.45, 2.75) is 45.3 Å². The minimum Gasteiger partial charge on any atom is -0.422 e. The summed E-state index contributed by atoms with van der Waals surface area (Å²) in [6.45, 7) is 5.65. The minimum atomic E-state index is -0.800. The maximum absolute atomic E-state index is 12.6. The van der Waals surface area contributed by atoms with Crippen LogP contribution in [0, 0.1) is 5.41 Å². The summed E-state index contributed by atoms with van der Waals surface area (Å²) in [7, 11) is 0. The molecule has 3 aromatic rings. The Morgan fingerprint density at radius 1 is 1.29 bits per heavy atom. The summed E-state index contributed by atoms with van der Waals surface area (Å²) in [4.78, 5) is 12.6. The van der Waals surface area contributed by atoms with E-state index in [0.29, 0.717) is 18.1 Å². The molecule has 0 saturated heterocycles. The van der Waals surface area contributed by atoms with E-state index in [0.717, 1.165) is 5.56 Å². The third-order valence-corrected chi connectivity index (χ3v) is 5.49. The van der Waals surface area contributed by atoms with Crippen LogP contribution in [0.3, 0.4) is 0 Å². The predicted octanol–water partition coefficient (Wildman–Crippen LogP) is 3.09. The molecule has 1 saturated carbocycles. The van der Waals surface area contributed by atoms with Crippen LogP contribution in [0.2, 0.25) is 0 Å². The zero-order valence-corrected chi connectivity index (χ0v) is 15.9. The molecule has 8 heteroatoms. The molecule has 1 amide bonds. The third-order valence-electron chi connectivity index (χ3n) is 5.49. The van der Waals surface area contributed by atoms with E-state index in [1.807, 2.05) is 44.2 Å². The van der Waals surface area contributed by atoms with Gasteiger partial charge in [0.1, 0.15) is 6.10 Å². The largest absolute Gasteiger partial charge is 0.422 e. The summed E-state index contributed by atoms with van der Waals surface area (Å²) in [5, 5.41) is 24.4. The van der Waals surface area contributed by atoms with Gasteiger partial charge in [0.05, 0.1) is 0 Å². The average molecular weight is 382 g/mol. The number of benzene rings is 1. The van der Waals surface area contributed by atoms with E-state index in [2.05, 4.69) is 20.7 Å². The fourth-order valence-corrected chi connectivity index (χ4v) is 3.50. The molecule has 0 unspecified atom stereocenters. The molecule has 0 bridgehead atoms. The number of amides is 1. The van der Waals surface area contributed by atoms with Crippen LogP contribution in [0.25, 0.3) is 11.3 Å². The summed E-state index contributed by atoms with van der Waals surface area (Å²) in [5.74, 6) is 0.967. The van der Waals surface area contributed by atoms with Crippen LogP contribution in [0.1, 0.15) is 61.5 Å². The van der Waals surface area contributed by atoms with Crippen molar-refractivity contribution in [1.82, 2.24) is 20.7 Å². The maximum atomic E-state index is 12.6. The van der Waals surface area contributed by atoms with Gasteiger partial charge >= 0.3 is 0 Å². The molecular weight excluding hydrogens is 360 g/mol. The van der Waals surface area contributed by atoms with Crippen molar-refractivity contribution in [2.24, 2.45) is 5.41 Å². The molecule has 2 N–H and O–H groups in total. The molecule has 2 aromatic heterocycles. The Balaban J connectivity index is 1.42. The van der Waals surface area contributed by atoms with E-state index in [1.165, 1.54) is 0 Å². The van der Waals surface area contributed by atoms with Gasteiger partial charge in [0.25, 0.3) is 5.91 Å². The molecule has 8 nitrogen and oxygen atoms in total. The lowest BCUT2D eigenvalue weighted by Gasteiger charge is -2.50.